The van der Waals surface area contributed by atoms with E-state index in [9.17, 15) is 4.79 Å². The summed E-state index contributed by atoms with van der Waals surface area (Å²) in [6, 6.07) is 5.84. The number of anilines is 1. The van der Waals surface area contributed by atoms with E-state index < -0.39 is 0 Å². The fourth-order valence-electron chi connectivity index (χ4n) is 2.02. The average molecular weight is 369 g/mol. The van der Waals surface area contributed by atoms with Crippen LogP contribution in [-0.2, 0) is 4.74 Å². The van der Waals surface area contributed by atoms with Crippen molar-refractivity contribution in [3.8, 4) is 0 Å². The molecule has 2 rings (SSSR count). The Labute approximate surface area is 136 Å². The summed E-state index contributed by atoms with van der Waals surface area (Å²) in [6.45, 7) is 5.16. The SMILES string of the molecule is C=CCN(CCOC)C(=O)c1sc2ccc(Br)cc2c1N. The van der Waals surface area contributed by atoms with Gasteiger partial charge in [-0.05, 0) is 18.2 Å². The van der Waals surface area contributed by atoms with Gasteiger partial charge in [0.25, 0.3) is 5.91 Å². The molecule has 6 heteroatoms. The molecule has 0 radical (unpaired) electrons. The van der Waals surface area contributed by atoms with Crippen molar-refractivity contribution in [1.29, 1.82) is 0 Å². The summed E-state index contributed by atoms with van der Waals surface area (Å²) in [5, 5.41) is 0.906. The summed E-state index contributed by atoms with van der Waals surface area (Å²) in [7, 11) is 1.61. The number of hydrogen-bond acceptors (Lipinski definition) is 4. The van der Waals surface area contributed by atoms with E-state index in [1.54, 1.807) is 18.1 Å². The lowest BCUT2D eigenvalue weighted by molar-refractivity contribution is 0.0724. The first-order valence-electron chi connectivity index (χ1n) is 6.45. The predicted octanol–water partition coefficient (Wildman–Crippen LogP) is 3.52. The van der Waals surface area contributed by atoms with Crippen molar-refractivity contribution in [2.75, 3.05) is 32.5 Å². The number of carbonyl (C=O) groups excluding carboxylic acids is 1. The molecule has 0 aliphatic heterocycles. The van der Waals surface area contributed by atoms with Gasteiger partial charge in [0, 0.05) is 34.8 Å². The van der Waals surface area contributed by atoms with E-state index in [0.29, 0.717) is 30.3 Å². The van der Waals surface area contributed by atoms with E-state index in [0.717, 1.165) is 14.6 Å². The Morgan fingerprint density at radius 2 is 2.33 bits per heavy atom. The van der Waals surface area contributed by atoms with Crippen LogP contribution in [0.2, 0.25) is 0 Å². The van der Waals surface area contributed by atoms with Crippen molar-refractivity contribution < 1.29 is 9.53 Å². The molecule has 4 nitrogen and oxygen atoms in total. The van der Waals surface area contributed by atoms with Gasteiger partial charge in [-0.15, -0.1) is 17.9 Å². The van der Waals surface area contributed by atoms with Gasteiger partial charge < -0.3 is 15.4 Å². The molecule has 2 N–H and O–H groups in total. The van der Waals surface area contributed by atoms with E-state index >= 15 is 0 Å². The van der Waals surface area contributed by atoms with Gasteiger partial charge in [0.15, 0.2) is 0 Å². The van der Waals surface area contributed by atoms with Crippen LogP contribution >= 0.6 is 27.3 Å². The summed E-state index contributed by atoms with van der Waals surface area (Å²) in [6.07, 6.45) is 1.70. The standard InChI is InChI=1S/C15H17BrN2O2S/c1-3-6-18(7-8-20-2)15(19)14-13(17)11-9-10(16)4-5-12(11)21-14/h3-5,9H,1,6-8,17H2,2H3. The van der Waals surface area contributed by atoms with Crippen LogP contribution in [0.1, 0.15) is 9.67 Å². The highest BCUT2D eigenvalue weighted by Gasteiger charge is 2.21. The van der Waals surface area contributed by atoms with Crippen LogP contribution in [0.5, 0.6) is 0 Å². The van der Waals surface area contributed by atoms with Crippen molar-refractivity contribution in [2.45, 2.75) is 0 Å². The van der Waals surface area contributed by atoms with Crippen LogP contribution in [0.3, 0.4) is 0 Å². The first-order chi connectivity index (χ1) is 10.1. The Morgan fingerprint density at radius 3 is 3.00 bits per heavy atom. The molecule has 1 heterocycles. The second-order valence-electron chi connectivity index (χ2n) is 4.52. The summed E-state index contributed by atoms with van der Waals surface area (Å²) in [4.78, 5) is 14.9. The molecular formula is C15H17BrN2O2S. The molecule has 21 heavy (non-hydrogen) atoms. The van der Waals surface area contributed by atoms with Gasteiger partial charge in [-0.1, -0.05) is 22.0 Å². The van der Waals surface area contributed by atoms with Gasteiger partial charge in [0.05, 0.1) is 12.3 Å². The third kappa shape index (κ3) is 3.45. The number of nitrogens with two attached hydrogens (primary N) is 1. The Morgan fingerprint density at radius 1 is 1.57 bits per heavy atom. The Balaban J connectivity index is 2.36. The number of benzene rings is 1. The second kappa shape index (κ2) is 7.06. The average Bonchev–Trinajstić information content (AvgIpc) is 2.80. The molecule has 0 bridgehead atoms. The number of thiophene rings is 1. The van der Waals surface area contributed by atoms with E-state index in [2.05, 4.69) is 22.5 Å². The highest BCUT2D eigenvalue weighted by molar-refractivity contribution is 9.10. The molecule has 112 valence electrons. The van der Waals surface area contributed by atoms with Crippen LogP contribution in [0.15, 0.2) is 35.3 Å². The van der Waals surface area contributed by atoms with Crippen molar-refractivity contribution >= 4 is 48.9 Å². The van der Waals surface area contributed by atoms with Crippen LogP contribution in [-0.4, -0.2) is 37.6 Å². The first kappa shape index (κ1) is 16.0. The Kier molecular flexibility index (Phi) is 5.39. The minimum atomic E-state index is -0.0817. The van der Waals surface area contributed by atoms with Gasteiger partial charge in [-0.2, -0.15) is 0 Å². The molecule has 0 fully saturated rings. The normalized spacial score (nSPS) is 10.8. The number of carbonyl (C=O) groups is 1. The zero-order valence-corrected chi connectivity index (χ0v) is 14.2. The number of rotatable bonds is 6. The Bertz CT molecular complexity index is 669. The fourth-order valence-corrected chi connectivity index (χ4v) is 3.46. The van der Waals surface area contributed by atoms with Gasteiger partial charge in [0.1, 0.15) is 4.88 Å². The largest absolute Gasteiger partial charge is 0.397 e. The number of methoxy groups -OCH3 is 1. The van der Waals surface area contributed by atoms with Crippen LogP contribution in [0.4, 0.5) is 5.69 Å². The molecule has 2 aromatic rings. The fraction of sp³-hybridized carbons (Fsp3) is 0.267. The molecule has 0 unspecified atom stereocenters. The Hall–Kier alpha value is -1.37. The molecule has 0 saturated carbocycles. The quantitative estimate of drug-likeness (QED) is 0.793. The van der Waals surface area contributed by atoms with Crippen molar-refractivity contribution in [3.63, 3.8) is 0 Å². The van der Waals surface area contributed by atoms with E-state index in [-0.39, 0.29) is 5.91 Å². The number of amides is 1. The summed E-state index contributed by atoms with van der Waals surface area (Å²) in [5.41, 5.74) is 6.69. The van der Waals surface area contributed by atoms with Gasteiger partial charge in [0.2, 0.25) is 0 Å². The minimum absolute atomic E-state index is 0.0817. The van der Waals surface area contributed by atoms with E-state index in [1.165, 1.54) is 11.3 Å². The van der Waals surface area contributed by atoms with Crippen LogP contribution in [0, 0.1) is 0 Å². The zero-order valence-electron chi connectivity index (χ0n) is 11.8. The van der Waals surface area contributed by atoms with Gasteiger partial charge in [-0.3, -0.25) is 4.79 Å². The molecule has 1 aromatic carbocycles. The van der Waals surface area contributed by atoms with E-state index in [1.807, 2.05) is 18.2 Å². The maximum absolute atomic E-state index is 12.7. The van der Waals surface area contributed by atoms with Gasteiger partial charge >= 0.3 is 0 Å². The smallest absolute Gasteiger partial charge is 0.266 e. The second-order valence-corrected chi connectivity index (χ2v) is 6.49. The van der Waals surface area contributed by atoms with Crippen molar-refractivity contribution in [2.24, 2.45) is 0 Å². The third-order valence-corrected chi connectivity index (χ3v) is 4.75. The number of halogens is 1. The lowest BCUT2D eigenvalue weighted by atomic mass is 10.2. The van der Waals surface area contributed by atoms with Crippen molar-refractivity contribution in [1.82, 2.24) is 4.90 Å². The number of hydrogen-bond donors (Lipinski definition) is 1. The maximum Gasteiger partial charge on any atom is 0.266 e. The summed E-state index contributed by atoms with van der Waals surface area (Å²) >= 11 is 4.84. The topological polar surface area (TPSA) is 55.6 Å². The monoisotopic (exact) mass is 368 g/mol. The minimum Gasteiger partial charge on any atom is -0.397 e. The van der Waals surface area contributed by atoms with E-state index in [4.69, 9.17) is 10.5 Å². The molecule has 0 spiro atoms. The van der Waals surface area contributed by atoms with Crippen LogP contribution < -0.4 is 5.73 Å². The first-order valence-corrected chi connectivity index (χ1v) is 8.06. The van der Waals surface area contributed by atoms with Crippen molar-refractivity contribution in [3.05, 3.63) is 40.2 Å². The molecule has 0 saturated heterocycles. The third-order valence-electron chi connectivity index (χ3n) is 3.08. The number of fused-ring (bicyclic) bond motifs is 1. The lowest BCUT2D eigenvalue weighted by Crippen LogP contribution is -2.33. The highest BCUT2D eigenvalue weighted by Crippen LogP contribution is 2.36. The molecule has 0 aliphatic rings. The number of ether oxygens (including phenoxy) is 1. The molecule has 0 atom stereocenters. The maximum atomic E-state index is 12.7. The number of nitrogens with zero attached hydrogens (tertiary/aromatic N) is 1. The molecule has 1 aromatic heterocycles. The molecule has 0 aliphatic carbocycles. The molecule has 1 amide bonds. The predicted molar refractivity (Wildman–Crippen MR) is 91.9 cm³/mol. The van der Waals surface area contributed by atoms with Gasteiger partial charge in [-0.25, -0.2) is 0 Å². The highest BCUT2D eigenvalue weighted by atomic mass is 79.9. The summed E-state index contributed by atoms with van der Waals surface area (Å²) < 4.78 is 7.00. The lowest BCUT2D eigenvalue weighted by Gasteiger charge is -2.20. The number of nitrogen functional groups attached to an aromatic ring is 1. The van der Waals surface area contributed by atoms with Crippen LogP contribution in [0.25, 0.3) is 10.1 Å². The summed E-state index contributed by atoms with van der Waals surface area (Å²) in [5.74, 6) is -0.0817. The molecular weight excluding hydrogens is 352 g/mol. The zero-order chi connectivity index (χ0) is 15.4.